The molecule has 0 aromatic heterocycles. The zero-order valence-electron chi connectivity index (χ0n) is 23.5. The van der Waals surface area contributed by atoms with E-state index in [1.54, 1.807) is 44.5 Å². The van der Waals surface area contributed by atoms with Gasteiger partial charge >= 0.3 is 6.03 Å². The predicted molar refractivity (Wildman–Crippen MR) is 161 cm³/mol. The van der Waals surface area contributed by atoms with Crippen molar-refractivity contribution >= 4 is 45.5 Å². The summed E-state index contributed by atoms with van der Waals surface area (Å²) in [5.41, 5.74) is 0.730. The molecule has 3 aromatic rings. The first kappa shape index (κ1) is 29.0. The Hall–Kier alpha value is -4.51. The maximum Gasteiger partial charge on any atom is 0.321 e. The van der Waals surface area contributed by atoms with Gasteiger partial charge in [0.15, 0.2) is 0 Å². The van der Waals surface area contributed by atoms with Gasteiger partial charge in [-0.3, -0.25) is 14.6 Å². The Morgan fingerprint density at radius 2 is 1.67 bits per heavy atom. The normalized spacial score (nSPS) is 19.0. The number of para-hydroxylation sites is 1. The standard InChI is InChI=1S/C31H33N5O5S/c1-21-11-6-9-18-27(21)42(40,41)35-28(37)22-13-10-16-25(19-22)33-30(39)34-31(24-14-4-3-5-15-24)29(38)36(2)26-17-8-7-12-23(26)20-32-31/h6-13,16-20,24H,3-5,14-15H2,1-2H3,(H,35,37)(H2,33,34,39)/t31-/m0/s1. The molecule has 1 aliphatic carbocycles. The third-order valence-electron chi connectivity index (χ3n) is 7.83. The minimum absolute atomic E-state index is 0.000703. The smallest absolute Gasteiger partial charge is 0.311 e. The molecule has 3 aromatic carbocycles. The van der Waals surface area contributed by atoms with Crippen LogP contribution in [0.4, 0.5) is 16.2 Å². The first-order chi connectivity index (χ1) is 20.1. The number of fused-ring (bicyclic) bond motifs is 1. The number of hydrogen-bond donors (Lipinski definition) is 3. The summed E-state index contributed by atoms with van der Waals surface area (Å²) in [6.07, 6.45) is 6.03. The number of likely N-dealkylation sites (N-methyl/N-ethyl adjacent to an activating group) is 1. The number of nitrogens with zero attached hydrogens (tertiary/aromatic N) is 2. The second-order valence-electron chi connectivity index (χ2n) is 10.6. The van der Waals surface area contributed by atoms with Gasteiger partial charge in [-0.1, -0.05) is 61.7 Å². The van der Waals surface area contributed by atoms with Crippen molar-refractivity contribution in [3.8, 4) is 0 Å². The average Bonchev–Trinajstić information content (AvgIpc) is 3.09. The lowest BCUT2D eigenvalue weighted by molar-refractivity contribution is -0.126. The number of urea groups is 1. The summed E-state index contributed by atoms with van der Waals surface area (Å²) in [5, 5.41) is 5.59. The number of sulfonamides is 1. The first-order valence-electron chi connectivity index (χ1n) is 13.9. The van der Waals surface area contributed by atoms with E-state index in [4.69, 9.17) is 4.99 Å². The number of carbonyl (C=O) groups excluding carboxylic acids is 3. The van der Waals surface area contributed by atoms with E-state index in [0.717, 1.165) is 37.7 Å². The van der Waals surface area contributed by atoms with Crippen molar-refractivity contribution in [2.75, 3.05) is 17.3 Å². The Morgan fingerprint density at radius 3 is 2.43 bits per heavy atom. The van der Waals surface area contributed by atoms with Crippen molar-refractivity contribution in [1.29, 1.82) is 0 Å². The molecule has 1 heterocycles. The molecule has 1 saturated carbocycles. The van der Waals surface area contributed by atoms with Gasteiger partial charge < -0.3 is 15.5 Å². The second kappa shape index (κ2) is 11.8. The van der Waals surface area contributed by atoms with E-state index in [2.05, 4.69) is 15.4 Å². The first-order valence-corrected chi connectivity index (χ1v) is 15.3. The van der Waals surface area contributed by atoms with E-state index < -0.39 is 27.6 Å². The van der Waals surface area contributed by atoms with Gasteiger partial charge in [0.05, 0.1) is 10.6 Å². The van der Waals surface area contributed by atoms with Gasteiger partial charge in [0.25, 0.3) is 21.8 Å². The molecular formula is C31H33N5O5S. The molecule has 5 rings (SSSR count). The number of aryl methyl sites for hydroxylation is 1. The molecule has 0 spiro atoms. The Bertz CT molecular complexity index is 1670. The molecule has 1 aliphatic heterocycles. The third kappa shape index (κ3) is 5.78. The summed E-state index contributed by atoms with van der Waals surface area (Å²) in [6, 6.07) is 19.0. The van der Waals surface area contributed by atoms with Crippen LogP contribution in [0.1, 0.15) is 53.6 Å². The molecule has 2 aliphatic rings. The van der Waals surface area contributed by atoms with Crippen molar-refractivity contribution in [3.05, 3.63) is 89.5 Å². The van der Waals surface area contributed by atoms with Crippen LogP contribution in [0, 0.1) is 12.8 Å². The summed E-state index contributed by atoms with van der Waals surface area (Å²) in [4.78, 5) is 46.6. The number of rotatable bonds is 6. The van der Waals surface area contributed by atoms with Crippen molar-refractivity contribution < 1.29 is 22.8 Å². The molecule has 0 radical (unpaired) electrons. The van der Waals surface area contributed by atoms with Crippen LogP contribution in [-0.4, -0.2) is 45.2 Å². The fourth-order valence-corrected chi connectivity index (χ4v) is 6.87. The van der Waals surface area contributed by atoms with Crippen LogP contribution in [-0.2, 0) is 14.8 Å². The van der Waals surface area contributed by atoms with Gasteiger partial charge in [0.2, 0.25) is 5.66 Å². The van der Waals surface area contributed by atoms with E-state index in [-0.39, 0.29) is 28.0 Å². The molecule has 11 heteroatoms. The number of carbonyl (C=O) groups is 3. The molecule has 1 fully saturated rings. The molecular weight excluding hydrogens is 554 g/mol. The summed E-state index contributed by atoms with van der Waals surface area (Å²) < 4.78 is 27.7. The Balaban J connectivity index is 1.37. The summed E-state index contributed by atoms with van der Waals surface area (Å²) in [5.74, 6) is -1.38. The number of benzene rings is 3. The average molecular weight is 588 g/mol. The van der Waals surface area contributed by atoms with E-state index in [1.165, 1.54) is 29.2 Å². The highest BCUT2D eigenvalue weighted by Crippen LogP contribution is 2.38. The zero-order chi connectivity index (χ0) is 29.9. The lowest BCUT2D eigenvalue weighted by Gasteiger charge is -2.40. The number of hydrogen-bond acceptors (Lipinski definition) is 6. The quantitative estimate of drug-likeness (QED) is 0.387. The van der Waals surface area contributed by atoms with Gasteiger partial charge in [0.1, 0.15) is 0 Å². The van der Waals surface area contributed by atoms with E-state index >= 15 is 0 Å². The molecule has 42 heavy (non-hydrogen) atoms. The van der Waals surface area contributed by atoms with Gasteiger partial charge in [-0.2, -0.15) is 0 Å². The highest BCUT2D eigenvalue weighted by molar-refractivity contribution is 7.90. The van der Waals surface area contributed by atoms with Crippen LogP contribution in [0.15, 0.2) is 82.7 Å². The number of anilines is 2. The summed E-state index contributed by atoms with van der Waals surface area (Å²) in [7, 11) is -2.43. The van der Waals surface area contributed by atoms with Crippen LogP contribution in [0.3, 0.4) is 0 Å². The molecule has 0 unspecified atom stereocenters. The Morgan fingerprint density at radius 1 is 0.952 bits per heavy atom. The van der Waals surface area contributed by atoms with Gasteiger partial charge in [-0.05, 0) is 55.7 Å². The van der Waals surface area contributed by atoms with Crippen LogP contribution in [0.25, 0.3) is 0 Å². The van der Waals surface area contributed by atoms with Crippen LogP contribution in [0.5, 0.6) is 0 Å². The Kier molecular flexibility index (Phi) is 8.13. The highest BCUT2D eigenvalue weighted by atomic mass is 32.2. The molecule has 10 nitrogen and oxygen atoms in total. The van der Waals surface area contributed by atoms with Crippen molar-refractivity contribution in [2.45, 2.75) is 49.6 Å². The van der Waals surface area contributed by atoms with Gasteiger partial charge in [-0.25, -0.2) is 17.9 Å². The van der Waals surface area contributed by atoms with Crippen LogP contribution in [0.2, 0.25) is 0 Å². The number of amides is 4. The summed E-state index contributed by atoms with van der Waals surface area (Å²) >= 11 is 0. The lowest BCUT2D eigenvalue weighted by atomic mass is 9.79. The van der Waals surface area contributed by atoms with E-state index in [9.17, 15) is 22.8 Å². The second-order valence-corrected chi connectivity index (χ2v) is 12.3. The SMILES string of the molecule is Cc1ccccc1S(=O)(=O)NC(=O)c1cccc(NC(=O)N[C@]2(C3CCCCC3)N=Cc3ccccc3N(C)C2=O)c1. The van der Waals surface area contributed by atoms with Crippen LogP contribution < -0.4 is 20.3 Å². The van der Waals surface area contributed by atoms with Crippen molar-refractivity contribution in [1.82, 2.24) is 10.0 Å². The van der Waals surface area contributed by atoms with E-state index in [1.807, 2.05) is 24.3 Å². The predicted octanol–water partition coefficient (Wildman–Crippen LogP) is 4.61. The molecule has 1 atom stereocenters. The highest BCUT2D eigenvalue weighted by Gasteiger charge is 2.49. The molecule has 218 valence electrons. The van der Waals surface area contributed by atoms with Gasteiger partial charge in [-0.15, -0.1) is 0 Å². The zero-order valence-corrected chi connectivity index (χ0v) is 24.3. The molecule has 3 N–H and O–H groups in total. The fourth-order valence-electron chi connectivity index (χ4n) is 5.65. The third-order valence-corrected chi connectivity index (χ3v) is 9.32. The monoisotopic (exact) mass is 587 g/mol. The molecule has 0 saturated heterocycles. The maximum absolute atomic E-state index is 14.0. The molecule has 4 amide bonds. The number of aliphatic imine (C=N–C) groups is 1. The van der Waals surface area contributed by atoms with E-state index in [0.29, 0.717) is 11.3 Å². The topological polar surface area (TPSA) is 137 Å². The molecule has 0 bridgehead atoms. The largest absolute Gasteiger partial charge is 0.321 e. The minimum atomic E-state index is -4.11. The number of benzodiazepines with no additional fused rings is 1. The van der Waals surface area contributed by atoms with Gasteiger partial charge in [0, 0.05) is 36.0 Å². The summed E-state index contributed by atoms with van der Waals surface area (Å²) in [6.45, 7) is 1.64. The van der Waals surface area contributed by atoms with Crippen molar-refractivity contribution in [2.24, 2.45) is 10.9 Å². The van der Waals surface area contributed by atoms with Crippen molar-refractivity contribution in [3.63, 3.8) is 0 Å². The van der Waals surface area contributed by atoms with Crippen LogP contribution >= 0.6 is 0 Å². The Labute approximate surface area is 245 Å². The maximum atomic E-state index is 14.0. The lowest BCUT2D eigenvalue weighted by Crippen LogP contribution is -2.63. The number of nitrogens with one attached hydrogen (secondary N) is 3. The fraction of sp³-hybridized carbons (Fsp3) is 0.290. The minimum Gasteiger partial charge on any atom is -0.311 e.